The van der Waals surface area contributed by atoms with Crippen LogP contribution in [0.4, 0.5) is 11.4 Å². The van der Waals surface area contributed by atoms with Gasteiger partial charge in [0.15, 0.2) is 0 Å². The topological polar surface area (TPSA) is 35.6 Å². The van der Waals surface area contributed by atoms with Gasteiger partial charge in [0, 0.05) is 12.6 Å². The summed E-state index contributed by atoms with van der Waals surface area (Å²) < 4.78 is 0. The Balaban J connectivity index is 1.93. The van der Waals surface area contributed by atoms with Gasteiger partial charge in [0.25, 0.3) is 0 Å². The molecule has 0 radical (unpaired) electrons. The molecule has 2 unspecified atom stereocenters. The molecule has 4 heteroatoms. The third kappa shape index (κ3) is 2.60. The minimum atomic E-state index is -0.132. The SMILES string of the molecule is CCCN(CCC)C1Cc2cccc3c2N(C1)C(=O)C(C)N3. The van der Waals surface area contributed by atoms with Crippen LogP contribution in [0.2, 0.25) is 0 Å². The average Bonchev–Trinajstić information content (AvgIpc) is 2.52. The van der Waals surface area contributed by atoms with Crippen LogP contribution in [0.3, 0.4) is 0 Å². The van der Waals surface area contributed by atoms with Crippen LogP contribution in [0.5, 0.6) is 0 Å². The van der Waals surface area contributed by atoms with Gasteiger partial charge >= 0.3 is 0 Å². The first kappa shape index (κ1) is 15.3. The summed E-state index contributed by atoms with van der Waals surface area (Å²) in [5.41, 5.74) is 3.54. The van der Waals surface area contributed by atoms with Crippen molar-refractivity contribution < 1.29 is 4.79 Å². The second-order valence-corrected chi connectivity index (χ2v) is 6.52. The van der Waals surface area contributed by atoms with Gasteiger partial charge in [0.05, 0.1) is 11.4 Å². The molecule has 0 saturated heterocycles. The van der Waals surface area contributed by atoms with Gasteiger partial charge in [-0.1, -0.05) is 26.0 Å². The fourth-order valence-corrected chi connectivity index (χ4v) is 3.84. The van der Waals surface area contributed by atoms with E-state index in [1.165, 1.54) is 5.56 Å². The van der Waals surface area contributed by atoms with E-state index in [1.807, 2.05) is 11.8 Å². The minimum Gasteiger partial charge on any atom is -0.372 e. The summed E-state index contributed by atoms with van der Waals surface area (Å²) in [5.74, 6) is 0.206. The van der Waals surface area contributed by atoms with Crippen molar-refractivity contribution in [3.8, 4) is 0 Å². The van der Waals surface area contributed by atoms with Crippen molar-refractivity contribution in [2.24, 2.45) is 0 Å². The molecule has 4 nitrogen and oxygen atoms in total. The lowest BCUT2D eigenvalue weighted by molar-refractivity contribution is -0.119. The predicted octanol–water partition coefficient (Wildman–Crippen LogP) is 2.88. The van der Waals surface area contributed by atoms with Crippen molar-refractivity contribution in [2.45, 2.75) is 52.1 Å². The number of nitrogens with one attached hydrogen (secondary N) is 1. The van der Waals surface area contributed by atoms with E-state index in [9.17, 15) is 4.79 Å². The standard InChI is InChI=1S/C18H27N3O/c1-4-9-20(10-5-2)15-11-14-7-6-8-16-17(14)21(12-15)18(22)13(3)19-16/h6-8,13,15,19H,4-5,9-12H2,1-3H3. The highest BCUT2D eigenvalue weighted by Crippen LogP contribution is 2.39. The summed E-state index contributed by atoms with van der Waals surface area (Å²) in [7, 11) is 0. The largest absolute Gasteiger partial charge is 0.372 e. The van der Waals surface area contributed by atoms with Gasteiger partial charge in [-0.3, -0.25) is 9.69 Å². The number of hydrogen-bond acceptors (Lipinski definition) is 3. The van der Waals surface area contributed by atoms with Gasteiger partial charge < -0.3 is 10.2 Å². The molecule has 1 aromatic rings. The first-order chi connectivity index (χ1) is 10.7. The Morgan fingerprint density at radius 3 is 2.68 bits per heavy atom. The molecule has 0 aliphatic carbocycles. The molecular weight excluding hydrogens is 274 g/mol. The molecule has 0 aromatic heterocycles. The van der Waals surface area contributed by atoms with Gasteiger partial charge in [-0.05, 0) is 50.9 Å². The lowest BCUT2D eigenvalue weighted by Gasteiger charge is -2.44. The van der Waals surface area contributed by atoms with Crippen molar-refractivity contribution in [2.75, 3.05) is 29.9 Å². The highest BCUT2D eigenvalue weighted by Gasteiger charge is 2.37. The molecule has 0 saturated carbocycles. The number of para-hydroxylation sites is 1. The van der Waals surface area contributed by atoms with Gasteiger partial charge in [-0.25, -0.2) is 0 Å². The number of nitrogens with zero attached hydrogens (tertiary/aromatic N) is 2. The van der Waals surface area contributed by atoms with Crippen LogP contribution >= 0.6 is 0 Å². The summed E-state index contributed by atoms with van der Waals surface area (Å²) in [6.45, 7) is 9.48. The Labute approximate surface area is 133 Å². The van der Waals surface area contributed by atoms with Crippen molar-refractivity contribution in [3.05, 3.63) is 23.8 Å². The van der Waals surface area contributed by atoms with E-state index in [0.29, 0.717) is 6.04 Å². The molecule has 1 aromatic carbocycles. The molecule has 2 heterocycles. The van der Waals surface area contributed by atoms with E-state index in [4.69, 9.17) is 0 Å². The van der Waals surface area contributed by atoms with Crippen LogP contribution in [-0.2, 0) is 11.2 Å². The number of hydrogen-bond donors (Lipinski definition) is 1. The second-order valence-electron chi connectivity index (χ2n) is 6.52. The maximum Gasteiger partial charge on any atom is 0.249 e. The second kappa shape index (κ2) is 6.29. The zero-order valence-electron chi connectivity index (χ0n) is 13.9. The van der Waals surface area contributed by atoms with Crippen LogP contribution < -0.4 is 10.2 Å². The predicted molar refractivity (Wildman–Crippen MR) is 91.5 cm³/mol. The fourth-order valence-electron chi connectivity index (χ4n) is 3.84. The number of rotatable bonds is 5. The number of amides is 1. The van der Waals surface area contributed by atoms with E-state index in [1.54, 1.807) is 0 Å². The summed E-state index contributed by atoms with van der Waals surface area (Å²) in [6, 6.07) is 6.68. The van der Waals surface area contributed by atoms with Crippen LogP contribution in [0.25, 0.3) is 0 Å². The molecule has 0 spiro atoms. The quantitative estimate of drug-likeness (QED) is 0.908. The molecule has 120 valence electrons. The molecule has 2 aliphatic rings. The molecule has 22 heavy (non-hydrogen) atoms. The van der Waals surface area contributed by atoms with Gasteiger partial charge in [-0.15, -0.1) is 0 Å². The fraction of sp³-hybridized carbons (Fsp3) is 0.611. The molecule has 2 aliphatic heterocycles. The Morgan fingerprint density at radius 2 is 2.00 bits per heavy atom. The molecule has 1 N–H and O–H groups in total. The third-order valence-corrected chi connectivity index (χ3v) is 4.78. The zero-order valence-corrected chi connectivity index (χ0v) is 13.9. The van der Waals surface area contributed by atoms with Crippen LogP contribution in [0.1, 0.15) is 39.2 Å². The number of benzene rings is 1. The Kier molecular flexibility index (Phi) is 4.39. The lowest BCUT2D eigenvalue weighted by Crippen LogP contribution is -2.55. The lowest BCUT2D eigenvalue weighted by atomic mass is 9.93. The molecule has 2 atom stereocenters. The third-order valence-electron chi connectivity index (χ3n) is 4.78. The summed E-state index contributed by atoms with van der Waals surface area (Å²) in [4.78, 5) is 17.2. The van der Waals surface area contributed by atoms with Crippen molar-refractivity contribution in [1.82, 2.24) is 4.90 Å². The van der Waals surface area contributed by atoms with E-state index < -0.39 is 0 Å². The molecule has 0 bridgehead atoms. The van der Waals surface area contributed by atoms with Crippen LogP contribution in [0.15, 0.2) is 18.2 Å². The van der Waals surface area contributed by atoms with Gasteiger partial charge in [-0.2, -0.15) is 0 Å². The smallest absolute Gasteiger partial charge is 0.249 e. The first-order valence-corrected chi connectivity index (χ1v) is 8.59. The van der Waals surface area contributed by atoms with Gasteiger partial charge in [0.1, 0.15) is 6.04 Å². The maximum absolute atomic E-state index is 12.6. The summed E-state index contributed by atoms with van der Waals surface area (Å²) >= 11 is 0. The van der Waals surface area contributed by atoms with Crippen molar-refractivity contribution >= 4 is 17.3 Å². The molecular formula is C18H27N3O. The van der Waals surface area contributed by atoms with Gasteiger partial charge in [0.2, 0.25) is 5.91 Å². The molecule has 1 amide bonds. The number of carbonyl (C=O) groups is 1. The summed E-state index contributed by atoms with van der Waals surface area (Å²) in [5, 5.41) is 3.34. The average molecular weight is 301 g/mol. The van der Waals surface area contributed by atoms with E-state index in [0.717, 1.165) is 50.3 Å². The van der Waals surface area contributed by atoms with Crippen LogP contribution in [-0.4, -0.2) is 42.5 Å². The molecule has 0 fully saturated rings. The number of anilines is 2. The Bertz CT molecular complexity index is 551. The highest BCUT2D eigenvalue weighted by atomic mass is 16.2. The van der Waals surface area contributed by atoms with E-state index >= 15 is 0 Å². The Hall–Kier alpha value is -1.55. The van der Waals surface area contributed by atoms with Crippen LogP contribution in [0, 0.1) is 0 Å². The van der Waals surface area contributed by atoms with E-state index in [2.05, 4.69) is 42.3 Å². The summed E-state index contributed by atoms with van der Waals surface area (Å²) in [6.07, 6.45) is 3.37. The molecule has 3 rings (SSSR count). The Morgan fingerprint density at radius 1 is 1.27 bits per heavy atom. The van der Waals surface area contributed by atoms with Crippen molar-refractivity contribution in [3.63, 3.8) is 0 Å². The van der Waals surface area contributed by atoms with E-state index in [-0.39, 0.29) is 11.9 Å². The maximum atomic E-state index is 12.6. The number of carbonyl (C=O) groups excluding carboxylic acids is 1. The normalized spacial score (nSPS) is 23.5. The minimum absolute atomic E-state index is 0.132. The van der Waals surface area contributed by atoms with Crippen molar-refractivity contribution in [1.29, 1.82) is 0 Å². The monoisotopic (exact) mass is 301 g/mol. The first-order valence-electron chi connectivity index (χ1n) is 8.59. The highest BCUT2D eigenvalue weighted by molar-refractivity contribution is 6.06. The zero-order chi connectivity index (χ0) is 15.7.